The predicted molar refractivity (Wildman–Crippen MR) is 513 cm³/mol. The van der Waals surface area contributed by atoms with Gasteiger partial charge >= 0.3 is 0 Å². The summed E-state index contributed by atoms with van der Waals surface area (Å²) in [4.78, 5) is 37.3. The topological polar surface area (TPSA) is 164 Å². The maximum absolute atomic E-state index is 6.28. The maximum atomic E-state index is 6.28. The molecule has 0 unspecified atom stereocenters. The molecule has 4 aliphatic heterocycles. The monoisotopic (exact) mass is 1620 g/mol. The zero-order valence-corrected chi connectivity index (χ0v) is 68.7. The lowest BCUT2D eigenvalue weighted by Crippen LogP contribution is -2.12. The van der Waals surface area contributed by atoms with Crippen LogP contribution in [0.25, 0.3) is 182 Å². The lowest BCUT2D eigenvalue weighted by atomic mass is 10.0. The molecule has 0 radical (unpaired) electrons. The van der Waals surface area contributed by atoms with Crippen molar-refractivity contribution in [3.8, 4) is 101 Å². The Labute approximate surface area is 725 Å². The van der Waals surface area contributed by atoms with Crippen LogP contribution in [0.15, 0.2) is 352 Å². The van der Waals surface area contributed by atoms with E-state index in [-0.39, 0.29) is 0 Å². The van der Waals surface area contributed by atoms with Gasteiger partial charge in [-0.25, -0.2) is 19.9 Å². The highest BCUT2D eigenvalue weighted by atomic mass is 16.5. The van der Waals surface area contributed by atoms with Crippen molar-refractivity contribution in [3.63, 3.8) is 0 Å². The minimum Gasteiger partial charge on any atom is -0.490 e. The van der Waals surface area contributed by atoms with Crippen LogP contribution in [0.4, 0.5) is 0 Å². The van der Waals surface area contributed by atoms with Gasteiger partial charge in [-0.15, -0.1) is 0 Å². The summed E-state index contributed by atoms with van der Waals surface area (Å²) in [6, 6.07) is 114. The molecule has 0 spiro atoms. The number of hydrogen-bond donors (Lipinski definition) is 5. The molecule has 5 N–H and O–H groups in total. The third kappa shape index (κ3) is 17.3. The number of nitrogens with one attached hydrogen (secondary N) is 5. The molecule has 0 saturated heterocycles. The van der Waals surface area contributed by atoms with E-state index in [1.807, 2.05) is 85.0 Å². The van der Waals surface area contributed by atoms with Crippen molar-refractivity contribution in [3.05, 3.63) is 420 Å². The van der Waals surface area contributed by atoms with Gasteiger partial charge in [0.25, 0.3) is 0 Å². The Balaban J connectivity index is 0.434. The molecule has 10 heterocycles. The predicted octanol–water partition coefficient (Wildman–Crippen LogP) is 26.6. The Morgan fingerprint density at radius 3 is 0.632 bits per heavy atom. The van der Waals surface area contributed by atoms with Crippen LogP contribution >= 0.6 is 0 Å². The van der Waals surface area contributed by atoms with Crippen LogP contribution in [0, 0.1) is 0 Å². The van der Waals surface area contributed by atoms with Crippen molar-refractivity contribution in [1.82, 2.24) is 45.2 Å². The molecule has 0 amide bonds. The van der Waals surface area contributed by atoms with E-state index in [9.17, 15) is 0 Å². The Morgan fingerprint density at radius 1 is 0.208 bits per heavy atom. The van der Waals surface area contributed by atoms with Crippen molar-refractivity contribution >= 4 is 92.7 Å². The average Bonchev–Trinajstić information content (AvgIpc) is 1.61. The first-order valence-electron chi connectivity index (χ1n) is 42.4. The van der Waals surface area contributed by atoms with Crippen molar-refractivity contribution in [2.45, 2.75) is 26.3 Å². The second kappa shape index (κ2) is 36.4. The quantitative estimate of drug-likeness (QED) is 0.0262. The number of ether oxygens (including phenoxy) is 4. The van der Waals surface area contributed by atoms with Crippen molar-refractivity contribution in [1.29, 1.82) is 0 Å². The summed E-state index contributed by atoms with van der Waals surface area (Å²) >= 11 is 0. The number of aromatic amines is 4. The fraction of sp³-hybridized carbons (Fsp3) is 0.0714. The summed E-state index contributed by atoms with van der Waals surface area (Å²) in [6.45, 7) is 4.23. The minimum absolute atomic E-state index is 0.398. The van der Waals surface area contributed by atoms with E-state index in [2.05, 4.69) is 341 Å². The lowest BCUT2D eigenvalue weighted by Gasteiger charge is -2.08. The van der Waals surface area contributed by atoms with Crippen LogP contribution in [-0.2, 0) is 35.8 Å². The van der Waals surface area contributed by atoms with Crippen molar-refractivity contribution in [2.75, 3.05) is 26.4 Å². The van der Waals surface area contributed by atoms with Crippen LogP contribution in [0.1, 0.15) is 67.8 Å². The Bertz CT molecular complexity index is 6670. The van der Waals surface area contributed by atoms with E-state index < -0.39 is 0 Å². The highest BCUT2D eigenvalue weighted by Crippen LogP contribution is 2.43. The normalized spacial score (nSPS) is 12.2. The molecular weight excluding hydrogens is 1540 g/mol. The second-order valence-corrected chi connectivity index (χ2v) is 31.1. The van der Waals surface area contributed by atoms with Gasteiger partial charge in [0.2, 0.25) is 0 Å². The summed E-state index contributed by atoms with van der Waals surface area (Å²) in [7, 11) is 0. The molecule has 0 fully saturated rings. The minimum atomic E-state index is 0.398. The first-order valence-corrected chi connectivity index (χ1v) is 42.4. The Kier molecular flexibility index (Phi) is 22.7. The molecule has 13 heteroatoms. The molecule has 125 heavy (non-hydrogen) atoms. The fourth-order valence-electron chi connectivity index (χ4n) is 16.8. The Hall–Kier alpha value is -15.6. The molecule has 13 nitrogen and oxygen atoms in total. The van der Waals surface area contributed by atoms with Gasteiger partial charge in [0.15, 0.2) is 0 Å². The van der Waals surface area contributed by atoms with Crippen LogP contribution in [0.2, 0.25) is 0 Å². The van der Waals surface area contributed by atoms with Gasteiger partial charge in [-0.3, -0.25) is 0 Å². The van der Waals surface area contributed by atoms with Crippen LogP contribution in [-0.4, -0.2) is 66.3 Å². The number of aromatic nitrogens is 8. The van der Waals surface area contributed by atoms with Crippen LogP contribution in [0.5, 0.6) is 11.5 Å². The number of hydrogen-bond acceptors (Lipinski definition) is 9. The van der Waals surface area contributed by atoms with E-state index in [1.54, 1.807) is 0 Å². The van der Waals surface area contributed by atoms with Gasteiger partial charge in [-0.05, 0) is 200 Å². The van der Waals surface area contributed by atoms with Gasteiger partial charge in [-0.2, -0.15) is 0 Å². The molecule has 16 bridgehead atoms. The number of H-pyrrole nitrogens is 4. The second-order valence-electron chi connectivity index (χ2n) is 31.1. The standard InChI is InChI=1S/C112H87N9O4/c1-7-23-79(24-8-1)105-89-51-55-93(114-89)107(81-27-11-3-12-28-81)97-59-63-101(118-97)111(102-64-60-98(119-102)108(82-29-13-4-14-30-82)94-56-52-90(105)115-94)85-43-47-87(48-44-85)124-69-21-19-67-122-73-77-39-35-75(36-40-77)71-113-72-76-37-41-78(42-38-76)74-123-68-20-22-70-125-88-49-45-86(46-50-88)112-103-65-61-99(120-103)109(83-31-15-5-16-32-83)95-57-53-91(116-95)106(80-25-9-2-10-26-80)92-54-58-96(117-92)110(84-33-17-6-18-34-84)100-62-66-104(112)121-100/h1-66,113-114,116,119,121H,67-74H2/b21-19+,22-20+,105-89?,105-90?,106-91?,106-92?,107-93?,107-97?,108-94?,108-98?,109-95?,109-99?,110-96?,110-100?,111-101?,111-102?,112-103?,112-104?. The van der Waals surface area contributed by atoms with Gasteiger partial charge < -0.3 is 44.2 Å². The third-order valence-corrected chi connectivity index (χ3v) is 22.9. The molecule has 604 valence electrons. The largest absolute Gasteiger partial charge is 0.490 e. The first-order chi connectivity index (χ1) is 61.9. The summed E-state index contributed by atoms with van der Waals surface area (Å²) in [6.07, 6.45) is 25.1. The van der Waals surface area contributed by atoms with Gasteiger partial charge in [0.1, 0.15) is 24.7 Å². The molecular formula is C112H87N9O4. The average molecular weight is 1620 g/mol. The summed E-state index contributed by atoms with van der Waals surface area (Å²) in [5.74, 6) is 1.52. The zero-order valence-electron chi connectivity index (χ0n) is 68.7. The fourth-order valence-corrected chi connectivity index (χ4v) is 16.8. The van der Waals surface area contributed by atoms with E-state index in [4.69, 9.17) is 38.9 Å². The number of fused-ring (bicyclic) bond motifs is 16. The maximum Gasteiger partial charge on any atom is 0.119 e. The highest BCUT2D eigenvalue weighted by molar-refractivity contribution is 6.03. The van der Waals surface area contributed by atoms with Crippen molar-refractivity contribution in [2.24, 2.45) is 0 Å². The zero-order chi connectivity index (χ0) is 83.5. The first kappa shape index (κ1) is 77.9. The molecule has 16 aromatic rings. The molecule has 4 aliphatic rings. The molecule has 0 saturated carbocycles. The van der Waals surface area contributed by atoms with E-state index >= 15 is 0 Å². The van der Waals surface area contributed by atoms with E-state index in [0.29, 0.717) is 39.6 Å². The SMILES string of the molecule is C1=Cc2nc1c(-c1ccccc1)c1ccc([nH]1)c(-c1ccccc1)c1nc(c(-c3ccc(OC/C=C/COCc4ccc(CNCc5ccc(COC/C=C/COc6ccc(-c7c8nc(c(-c9ccccc9)c9ccc([nH]9)c(-c9ccccc9)c9nc(c(-c%10ccccc%10)c%10ccc7[nH]%10)C=C9)C=C8)cc6)cc5)cc4)cc3)c3ccc([nH]3)c2-c2ccccc2)C=C1. The molecule has 10 aromatic carbocycles. The number of nitrogens with zero attached hydrogens (tertiary/aromatic N) is 4. The smallest absolute Gasteiger partial charge is 0.119 e. The van der Waals surface area contributed by atoms with E-state index in [1.165, 1.54) is 11.1 Å². The van der Waals surface area contributed by atoms with Crippen LogP contribution in [0.3, 0.4) is 0 Å². The highest BCUT2D eigenvalue weighted by Gasteiger charge is 2.23. The van der Waals surface area contributed by atoms with Crippen molar-refractivity contribution < 1.29 is 18.9 Å². The summed E-state index contributed by atoms with van der Waals surface area (Å²) in [5, 5.41) is 3.61. The third-order valence-electron chi connectivity index (χ3n) is 22.9. The van der Waals surface area contributed by atoms with Gasteiger partial charge in [-0.1, -0.05) is 267 Å². The van der Waals surface area contributed by atoms with Crippen LogP contribution < -0.4 is 14.8 Å². The van der Waals surface area contributed by atoms with E-state index in [0.717, 1.165) is 214 Å². The number of rotatable bonds is 26. The molecule has 20 rings (SSSR count). The van der Waals surface area contributed by atoms with Gasteiger partial charge in [0, 0.05) is 102 Å². The summed E-state index contributed by atoms with van der Waals surface area (Å²) < 4.78 is 24.7. The Morgan fingerprint density at radius 2 is 0.408 bits per heavy atom. The molecule has 6 aromatic heterocycles. The lowest BCUT2D eigenvalue weighted by molar-refractivity contribution is 0.148. The number of benzene rings is 10. The van der Waals surface area contributed by atoms with Gasteiger partial charge in [0.05, 0.1) is 72.0 Å². The molecule has 0 aliphatic carbocycles. The molecule has 0 atom stereocenters. The summed E-state index contributed by atoms with van der Waals surface area (Å²) in [5.41, 5.74) is 35.4.